The molecule has 0 saturated heterocycles. The van der Waals surface area contributed by atoms with Crippen molar-refractivity contribution in [2.75, 3.05) is 13.7 Å². The molecule has 2 aliphatic carbocycles. The number of aryl methyl sites for hydroxylation is 1. The molecule has 1 unspecified atom stereocenters. The van der Waals surface area contributed by atoms with Crippen LogP contribution in [0.25, 0.3) is 0 Å². The largest absolute Gasteiger partial charge is 0.496 e. The molecule has 1 aromatic carbocycles. The van der Waals surface area contributed by atoms with Crippen molar-refractivity contribution in [3.63, 3.8) is 0 Å². The molecule has 2 nitrogen and oxygen atoms in total. The van der Waals surface area contributed by atoms with Crippen LogP contribution in [0.1, 0.15) is 62.0 Å². The summed E-state index contributed by atoms with van der Waals surface area (Å²) in [4.78, 5) is 0. The Balaban J connectivity index is 1.78. The minimum absolute atomic E-state index is 0.653. The van der Waals surface area contributed by atoms with Gasteiger partial charge in [-0.05, 0) is 61.6 Å². The van der Waals surface area contributed by atoms with Crippen LogP contribution in [-0.2, 0) is 0 Å². The highest BCUT2D eigenvalue weighted by Gasteiger charge is 2.28. The summed E-state index contributed by atoms with van der Waals surface area (Å²) in [6.45, 7) is 3.27. The Kier molecular flexibility index (Phi) is 4.84. The summed E-state index contributed by atoms with van der Waals surface area (Å²) in [7, 11) is 1.78. The van der Waals surface area contributed by atoms with E-state index in [1.54, 1.807) is 7.11 Å². The molecule has 2 heteroatoms. The van der Waals surface area contributed by atoms with E-state index in [-0.39, 0.29) is 0 Å². The molecule has 0 amide bonds. The van der Waals surface area contributed by atoms with Crippen molar-refractivity contribution >= 4 is 0 Å². The van der Waals surface area contributed by atoms with Gasteiger partial charge in [-0.15, -0.1) is 0 Å². The third-order valence-electron chi connectivity index (χ3n) is 5.28. The predicted molar refractivity (Wildman–Crippen MR) is 88.1 cm³/mol. The second-order valence-electron chi connectivity index (χ2n) is 6.92. The zero-order chi connectivity index (χ0) is 14.7. The van der Waals surface area contributed by atoms with Gasteiger partial charge in [0.05, 0.1) is 7.11 Å². The van der Waals surface area contributed by atoms with Gasteiger partial charge in [0.15, 0.2) is 0 Å². The Bertz CT molecular complexity index is 461. The zero-order valence-corrected chi connectivity index (χ0v) is 13.5. The van der Waals surface area contributed by atoms with Crippen LogP contribution in [-0.4, -0.2) is 19.7 Å². The molecular formula is C19H29NO. The average Bonchev–Trinajstić information content (AvgIpc) is 3.34. The molecular weight excluding hydrogens is 258 g/mol. The summed E-state index contributed by atoms with van der Waals surface area (Å²) in [5.41, 5.74) is 2.70. The maximum Gasteiger partial charge on any atom is 0.122 e. The normalized spacial score (nSPS) is 21.2. The van der Waals surface area contributed by atoms with Gasteiger partial charge in [-0.2, -0.15) is 0 Å². The quantitative estimate of drug-likeness (QED) is 0.836. The van der Waals surface area contributed by atoms with Gasteiger partial charge >= 0.3 is 0 Å². The van der Waals surface area contributed by atoms with Crippen LogP contribution in [0.5, 0.6) is 5.75 Å². The number of hydrogen-bond acceptors (Lipinski definition) is 2. The third-order valence-corrected chi connectivity index (χ3v) is 5.28. The number of hydrogen-bond donors (Lipinski definition) is 1. The van der Waals surface area contributed by atoms with E-state index in [1.807, 2.05) is 0 Å². The summed E-state index contributed by atoms with van der Waals surface area (Å²) in [5.74, 6) is 2.54. The van der Waals surface area contributed by atoms with Gasteiger partial charge in [0.1, 0.15) is 5.75 Å². The van der Waals surface area contributed by atoms with Crippen LogP contribution in [0.2, 0.25) is 0 Å². The molecule has 0 heterocycles. The van der Waals surface area contributed by atoms with Crippen molar-refractivity contribution < 1.29 is 4.74 Å². The molecule has 1 aromatic rings. The van der Waals surface area contributed by atoms with Crippen molar-refractivity contribution in [3.05, 3.63) is 29.3 Å². The van der Waals surface area contributed by atoms with E-state index in [1.165, 1.54) is 56.1 Å². The molecule has 0 bridgehead atoms. The van der Waals surface area contributed by atoms with Gasteiger partial charge in [0, 0.05) is 12.6 Å². The van der Waals surface area contributed by atoms with Crippen LogP contribution in [0.3, 0.4) is 0 Å². The van der Waals surface area contributed by atoms with E-state index in [0.717, 1.165) is 24.3 Å². The smallest absolute Gasteiger partial charge is 0.122 e. The van der Waals surface area contributed by atoms with Gasteiger partial charge in [-0.25, -0.2) is 0 Å². The highest BCUT2D eigenvalue weighted by atomic mass is 16.5. The predicted octanol–water partition coefficient (Wildman–Crippen LogP) is 4.42. The van der Waals surface area contributed by atoms with E-state index in [2.05, 4.69) is 30.4 Å². The third kappa shape index (κ3) is 3.79. The van der Waals surface area contributed by atoms with Crippen molar-refractivity contribution in [2.24, 2.45) is 5.92 Å². The summed E-state index contributed by atoms with van der Waals surface area (Å²) in [5, 5.41) is 3.76. The number of rotatable bonds is 6. The van der Waals surface area contributed by atoms with Gasteiger partial charge in [0.25, 0.3) is 0 Å². The number of methoxy groups -OCH3 is 1. The average molecular weight is 287 g/mol. The lowest BCUT2D eigenvalue weighted by atomic mass is 9.76. The molecule has 2 fully saturated rings. The van der Waals surface area contributed by atoms with Crippen molar-refractivity contribution in [1.29, 1.82) is 0 Å². The molecule has 0 aromatic heterocycles. The van der Waals surface area contributed by atoms with Crippen LogP contribution < -0.4 is 10.1 Å². The Labute approximate surface area is 129 Å². The minimum atomic E-state index is 0.653. The van der Waals surface area contributed by atoms with Crippen molar-refractivity contribution in [3.8, 4) is 5.75 Å². The van der Waals surface area contributed by atoms with Gasteiger partial charge in [-0.1, -0.05) is 31.4 Å². The summed E-state index contributed by atoms with van der Waals surface area (Å²) in [6.07, 6.45) is 9.78. The molecule has 21 heavy (non-hydrogen) atoms. The summed E-state index contributed by atoms with van der Waals surface area (Å²) in [6, 6.07) is 7.62. The first kappa shape index (κ1) is 14.9. The van der Waals surface area contributed by atoms with E-state index < -0.39 is 0 Å². The molecule has 1 N–H and O–H groups in total. The molecule has 3 rings (SSSR count). The molecule has 0 aliphatic heterocycles. The monoisotopic (exact) mass is 287 g/mol. The minimum Gasteiger partial charge on any atom is -0.496 e. The van der Waals surface area contributed by atoms with Gasteiger partial charge in [0.2, 0.25) is 0 Å². The lowest BCUT2D eigenvalue weighted by Crippen LogP contribution is -2.29. The Morgan fingerprint density at radius 2 is 1.90 bits per heavy atom. The Morgan fingerprint density at radius 1 is 1.14 bits per heavy atom. The summed E-state index contributed by atoms with van der Waals surface area (Å²) < 4.78 is 5.54. The number of ether oxygens (including phenoxy) is 1. The fourth-order valence-electron chi connectivity index (χ4n) is 3.74. The Morgan fingerprint density at radius 3 is 2.57 bits per heavy atom. The van der Waals surface area contributed by atoms with Crippen LogP contribution >= 0.6 is 0 Å². The van der Waals surface area contributed by atoms with Gasteiger partial charge < -0.3 is 10.1 Å². The van der Waals surface area contributed by atoms with Crippen LogP contribution in [0.4, 0.5) is 0 Å². The molecule has 0 spiro atoms. The van der Waals surface area contributed by atoms with E-state index in [0.29, 0.717) is 5.92 Å². The molecule has 116 valence electrons. The lowest BCUT2D eigenvalue weighted by molar-refractivity contribution is 0.296. The lowest BCUT2D eigenvalue weighted by Gasteiger charge is -2.31. The van der Waals surface area contributed by atoms with Crippen LogP contribution in [0.15, 0.2) is 18.2 Å². The van der Waals surface area contributed by atoms with Crippen molar-refractivity contribution in [1.82, 2.24) is 5.32 Å². The number of benzene rings is 1. The molecule has 0 radical (unpaired) electrons. The fourth-order valence-corrected chi connectivity index (χ4v) is 3.74. The highest BCUT2D eigenvalue weighted by molar-refractivity contribution is 5.38. The Hall–Kier alpha value is -1.02. The fraction of sp³-hybridized carbons (Fsp3) is 0.684. The molecule has 2 aliphatic rings. The molecule has 1 atom stereocenters. The van der Waals surface area contributed by atoms with E-state index in [9.17, 15) is 0 Å². The second-order valence-corrected chi connectivity index (χ2v) is 6.92. The van der Waals surface area contributed by atoms with Gasteiger partial charge in [-0.3, -0.25) is 0 Å². The second kappa shape index (κ2) is 6.83. The highest BCUT2D eigenvalue weighted by Crippen LogP contribution is 2.37. The first-order chi connectivity index (χ1) is 10.3. The topological polar surface area (TPSA) is 21.3 Å². The summed E-state index contributed by atoms with van der Waals surface area (Å²) >= 11 is 0. The van der Waals surface area contributed by atoms with Crippen molar-refractivity contribution in [2.45, 2.75) is 63.8 Å². The standard InChI is InChI=1S/C19H29NO/c1-14-8-9-16(12-19(14)21-2)18(13-20-17-10-11-17)15-6-4-3-5-7-15/h8-9,12,15,17-18,20H,3-7,10-11,13H2,1-2H3. The van der Waals surface area contributed by atoms with Crippen LogP contribution in [0, 0.1) is 12.8 Å². The number of nitrogens with one attached hydrogen (secondary N) is 1. The maximum absolute atomic E-state index is 5.54. The molecule has 2 saturated carbocycles. The maximum atomic E-state index is 5.54. The van der Waals surface area contributed by atoms with E-state index >= 15 is 0 Å². The van der Waals surface area contributed by atoms with E-state index in [4.69, 9.17) is 4.74 Å². The first-order valence-electron chi connectivity index (χ1n) is 8.66. The zero-order valence-electron chi connectivity index (χ0n) is 13.5. The first-order valence-corrected chi connectivity index (χ1v) is 8.66. The SMILES string of the molecule is COc1cc(C(CNC2CC2)C2CCCCC2)ccc1C.